The van der Waals surface area contributed by atoms with Crippen LogP contribution in [0.3, 0.4) is 0 Å². The molecule has 6 nitrogen and oxygen atoms in total. The number of furan rings is 1. The Morgan fingerprint density at radius 1 is 1.20 bits per heavy atom. The lowest BCUT2D eigenvalue weighted by Gasteiger charge is -2.00. The smallest absolute Gasteiger partial charge is 0.226 e. The topological polar surface area (TPSA) is 83.8 Å². The summed E-state index contributed by atoms with van der Waals surface area (Å²) in [4.78, 5) is 24.2. The van der Waals surface area contributed by atoms with Crippen LogP contribution >= 0.6 is 11.3 Å². The maximum absolute atomic E-state index is 12.1. The van der Waals surface area contributed by atoms with Gasteiger partial charge in [0.2, 0.25) is 5.91 Å². The Hall–Kier alpha value is -2.93. The van der Waals surface area contributed by atoms with Crippen LogP contribution in [0.5, 0.6) is 0 Å². The molecule has 126 valence electrons. The number of aromatic amines is 1. The van der Waals surface area contributed by atoms with Crippen molar-refractivity contribution in [2.45, 2.75) is 19.3 Å². The molecule has 0 aliphatic heterocycles. The van der Waals surface area contributed by atoms with Crippen LogP contribution in [-0.4, -0.2) is 20.9 Å². The number of H-pyrrole nitrogens is 1. The zero-order valence-electron chi connectivity index (χ0n) is 13.4. The lowest BCUT2D eigenvalue weighted by molar-refractivity contribution is -0.116. The van der Waals surface area contributed by atoms with E-state index in [4.69, 9.17) is 4.42 Å². The number of imidazole rings is 1. The number of hydrogen-bond donors (Lipinski definition) is 2. The number of aryl methyl sites for hydroxylation is 1. The first kappa shape index (κ1) is 15.6. The van der Waals surface area contributed by atoms with Gasteiger partial charge < -0.3 is 14.7 Å². The number of nitrogens with zero attached hydrogens (tertiary/aromatic N) is 2. The van der Waals surface area contributed by atoms with E-state index < -0.39 is 0 Å². The van der Waals surface area contributed by atoms with Crippen molar-refractivity contribution in [3.8, 4) is 11.5 Å². The number of carbonyl (C=O) groups excluding carboxylic acids is 1. The molecule has 0 saturated carbocycles. The molecule has 0 radical (unpaired) electrons. The van der Waals surface area contributed by atoms with Crippen LogP contribution in [0.25, 0.3) is 22.5 Å². The first-order valence-electron chi connectivity index (χ1n) is 8.01. The number of nitrogens with one attached hydrogen (secondary N) is 2. The van der Waals surface area contributed by atoms with Crippen molar-refractivity contribution in [1.82, 2.24) is 15.0 Å². The molecule has 0 aliphatic carbocycles. The number of carbonyl (C=O) groups is 1. The van der Waals surface area contributed by atoms with E-state index in [0.29, 0.717) is 17.3 Å². The molecule has 0 atom stereocenters. The van der Waals surface area contributed by atoms with Crippen LogP contribution in [-0.2, 0) is 11.2 Å². The number of fused-ring (bicyclic) bond motifs is 1. The van der Waals surface area contributed by atoms with E-state index in [0.717, 1.165) is 35.4 Å². The number of amides is 1. The predicted molar refractivity (Wildman–Crippen MR) is 97.5 cm³/mol. The summed E-state index contributed by atoms with van der Waals surface area (Å²) < 4.78 is 5.30. The molecule has 4 rings (SSSR count). The molecule has 3 aromatic heterocycles. The van der Waals surface area contributed by atoms with Crippen molar-refractivity contribution in [3.05, 3.63) is 53.9 Å². The fraction of sp³-hybridized carbons (Fsp3) is 0.167. The molecule has 0 bridgehead atoms. The zero-order chi connectivity index (χ0) is 17.1. The van der Waals surface area contributed by atoms with Crippen molar-refractivity contribution >= 4 is 33.4 Å². The Morgan fingerprint density at radius 3 is 2.96 bits per heavy atom. The molecule has 7 heteroatoms. The van der Waals surface area contributed by atoms with Crippen molar-refractivity contribution in [3.63, 3.8) is 0 Å². The first-order valence-corrected chi connectivity index (χ1v) is 8.89. The minimum Gasteiger partial charge on any atom is -0.463 e. The quantitative estimate of drug-likeness (QED) is 0.543. The van der Waals surface area contributed by atoms with Gasteiger partial charge >= 0.3 is 0 Å². The van der Waals surface area contributed by atoms with Crippen molar-refractivity contribution < 1.29 is 9.21 Å². The van der Waals surface area contributed by atoms with Gasteiger partial charge in [0.25, 0.3) is 0 Å². The van der Waals surface area contributed by atoms with Gasteiger partial charge in [-0.05, 0) is 30.7 Å². The Balaban J connectivity index is 1.29. The number of aromatic nitrogens is 3. The van der Waals surface area contributed by atoms with Gasteiger partial charge in [0.05, 0.1) is 17.3 Å². The second-order valence-electron chi connectivity index (χ2n) is 5.62. The molecule has 2 N–H and O–H groups in total. The van der Waals surface area contributed by atoms with Gasteiger partial charge in [0.1, 0.15) is 11.5 Å². The van der Waals surface area contributed by atoms with Crippen molar-refractivity contribution in [2.24, 2.45) is 0 Å². The highest BCUT2D eigenvalue weighted by Gasteiger charge is 2.10. The first-order chi connectivity index (χ1) is 12.3. The number of para-hydroxylation sites is 2. The third-order valence-electron chi connectivity index (χ3n) is 3.78. The molecule has 1 aromatic carbocycles. The molecule has 0 saturated heterocycles. The van der Waals surface area contributed by atoms with E-state index >= 15 is 0 Å². The summed E-state index contributed by atoms with van der Waals surface area (Å²) in [6.07, 6.45) is 3.48. The molecule has 0 unspecified atom stereocenters. The minimum atomic E-state index is -0.0449. The summed E-state index contributed by atoms with van der Waals surface area (Å²) in [7, 11) is 0. The van der Waals surface area contributed by atoms with Gasteiger partial charge in [-0.1, -0.05) is 12.1 Å². The van der Waals surface area contributed by atoms with E-state index in [9.17, 15) is 4.79 Å². The van der Waals surface area contributed by atoms with E-state index in [1.54, 1.807) is 6.26 Å². The van der Waals surface area contributed by atoms with Gasteiger partial charge in [-0.2, -0.15) is 0 Å². The van der Waals surface area contributed by atoms with Crippen LogP contribution in [0, 0.1) is 0 Å². The lowest BCUT2D eigenvalue weighted by Crippen LogP contribution is -2.11. The van der Waals surface area contributed by atoms with Crippen LogP contribution in [0.4, 0.5) is 5.13 Å². The van der Waals surface area contributed by atoms with Crippen LogP contribution in [0.2, 0.25) is 0 Å². The molecule has 1 amide bonds. The molecule has 0 fully saturated rings. The van der Waals surface area contributed by atoms with Gasteiger partial charge in [-0.3, -0.25) is 4.79 Å². The van der Waals surface area contributed by atoms with E-state index in [1.807, 2.05) is 41.8 Å². The minimum absolute atomic E-state index is 0.0449. The summed E-state index contributed by atoms with van der Waals surface area (Å²) >= 11 is 1.39. The van der Waals surface area contributed by atoms with Gasteiger partial charge in [0, 0.05) is 18.2 Å². The fourth-order valence-corrected chi connectivity index (χ4v) is 3.31. The second kappa shape index (κ2) is 6.90. The third kappa shape index (κ3) is 3.61. The van der Waals surface area contributed by atoms with Crippen molar-refractivity contribution in [1.29, 1.82) is 0 Å². The number of hydrogen-bond acceptors (Lipinski definition) is 5. The predicted octanol–water partition coefficient (Wildman–Crippen LogP) is 4.24. The third-order valence-corrected chi connectivity index (χ3v) is 4.54. The largest absolute Gasteiger partial charge is 0.463 e. The second-order valence-corrected chi connectivity index (χ2v) is 6.48. The average molecular weight is 352 g/mol. The van der Waals surface area contributed by atoms with Gasteiger partial charge in [-0.25, -0.2) is 9.97 Å². The highest BCUT2D eigenvalue weighted by molar-refractivity contribution is 7.14. The summed E-state index contributed by atoms with van der Waals surface area (Å²) in [6, 6.07) is 11.6. The lowest BCUT2D eigenvalue weighted by atomic mass is 10.2. The highest BCUT2D eigenvalue weighted by Crippen LogP contribution is 2.25. The standard InChI is InChI=1S/C18H16N4O2S/c23-17(22-18-21-14(11-25-18)15-7-4-10-24-15)9-3-8-16-19-12-5-1-2-6-13(12)20-16/h1-2,4-7,10-11H,3,8-9H2,(H,19,20)(H,21,22,23). The van der Waals surface area contributed by atoms with Crippen LogP contribution in [0.1, 0.15) is 18.7 Å². The van der Waals surface area contributed by atoms with Gasteiger partial charge in [0.15, 0.2) is 10.9 Å². The number of benzene rings is 1. The van der Waals surface area contributed by atoms with Crippen LogP contribution in [0.15, 0.2) is 52.5 Å². The normalized spacial score (nSPS) is 11.0. The monoisotopic (exact) mass is 352 g/mol. The summed E-state index contributed by atoms with van der Waals surface area (Å²) in [5.74, 6) is 1.56. The molecule has 3 heterocycles. The average Bonchev–Trinajstić information content (AvgIpc) is 3.34. The maximum Gasteiger partial charge on any atom is 0.226 e. The van der Waals surface area contributed by atoms with Crippen LogP contribution < -0.4 is 5.32 Å². The molecule has 25 heavy (non-hydrogen) atoms. The maximum atomic E-state index is 12.1. The van der Waals surface area contributed by atoms with Crippen molar-refractivity contribution in [2.75, 3.05) is 5.32 Å². The molecule has 4 aromatic rings. The van der Waals surface area contributed by atoms with E-state index in [2.05, 4.69) is 20.3 Å². The number of anilines is 1. The number of rotatable bonds is 6. The summed E-state index contributed by atoms with van der Waals surface area (Å²) in [5.41, 5.74) is 2.71. The molecule has 0 spiro atoms. The molecular weight excluding hydrogens is 336 g/mol. The summed E-state index contributed by atoms with van der Waals surface area (Å²) in [6.45, 7) is 0. The Labute approximate surface area is 147 Å². The van der Waals surface area contributed by atoms with Gasteiger partial charge in [-0.15, -0.1) is 11.3 Å². The molecule has 0 aliphatic rings. The summed E-state index contributed by atoms with van der Waals surface area (Å²) in [5, 5.41) is 5.28. The highest BCUT2D eigenvalue weighted by atomic mass is 32.1. The van der Waals surface area contributed by atoms with E-state index in [-0.39, 0.29) is 5.91 Å². The Kier molecular flexibility index (Phi) is 4.30. The SMILES string of the molecule is O=C(CCCc1nc2ccccc2[nH]1)Nc1nc(-c2ccco2)cs1. The Bertz CT molecular complexity index is 955. The fourth-order valence-electron chi connectivity index (χ4n) is 2.59. The molecular formula is C18H16N4O2S. The van der Waals surface area contributed by atoms with E-state index in [1.165, 1.54) is 11.3 Å². The Morgan fingerprint density at radius 2 is 2.12 bits per heavy atom. The number of thiazole rings is 1. The zero-order valence-corrected chi connectivity index (χ0v) is 14.2.